The highest BCUT2D eigenvalue weighted by molar-refractivity contribution is 6.13. The van der Waals surface area contributed by atoms with Crippen molar-refractivity contribution in [2.24, 2.45) is 0 Å². The van der Waals surface area contributed by atoms with Gasteiger partial charge in [-0.15, -0.1) is 0 Å². The highest BCUT2D eigenvalue weighted by Crippen LogP contribution is 2.45. The molecule has 1 aromatic heterocycles. The molecule has 0 bridgehead atoms. The van der Waals surface area contributed by atoms with Gasteiger partial charge in [0.15, 0.2) is 0 Å². The second-order valence-electron chi connectivity index (χ2n) is 4.56. The van der Waals surface area contributed by atoms with Crippen molar-refractivity contribution >= 4 is 10.8 Å². The number of hydrogen-bond donors (Lipinski definition) is 0. The monoisotopic (exact) mass is 217 g/mol. The molecule has 2 aromatic carbocycles. The average molecular weight is 217 g/mol. The van der Waals surface area contributed by atoms with Gasteiger partial charge in [-0.25, -0.2) is 0 Å². The van der Waals surface area contributed by atoms with E-state index in [4.69, 9.17) is 4.98 Å². The summed E-state index contributed by atoms with van der Waals surface area (Å²) in [5.41, 5.74) is 6.13. The summed E-state index contributed by atoms with van der Waals surface area (Å²) in [5, 5.41) is 2.60. The molecule has 0 saturated heterocycles. The molecule has 1 heteroatoms. The molecule has 0 unspecified atom stereocenters. The quantitative estimate of drug-likeness (QED) is 0.430. The van der Waals surface area contributed by atoms with Crippen LogP contribution in [0.1, 0.15) is 5.69 Å². The van der Waals surface area contributed by atoms with E-state index in [0.717, 1.165) is 11.4 Å². The maximum absolute atomic E-state index is 4.71. The Balaban J connectivity index is 2.30. The molecular weight excluding hydrogens is 206 g/mol. The lowest BCUT2D eigenvalue weighted by atomic mass is 10.0. The first-order valence-electron chi connectivity index (χ1n) is 5.85. The van der Waals surface area contributed by atoms with Crippen molar-refractivity contribution in [1.29, 1.82) is 0 Å². The normalized spacial score (nSPS) is 11.8. The van der Waals surface area contributed by atoms with E-state index in [9.17, 15) is 0 Å². The van der Waals surface area contributed by atoms with Gasteiger partial charge in [-0.2, -0.15) is 0 Å². The number of benzene rings is 2. The standard InChI is InChI=1S/C16H11N/c1-10-9-11-5-4-8-13-12-6-2-3-7-14(12)16(17-10)15(11)13/h2-9H,1H3. The molecule has 1 heterocycles. The van der Waals surface area contributed by atoms with Crippen LogP contribution in [0, 0.1) is 6.92 Å². The Labute approximate surface area is 99.7 Å². The minimum atomic E-state index is 1.08. The first kappa shape index (κ1) is 8.94. The van der Waals surface area contributed by atoms with E-state index in [1.165, 1.54) is 27.5 Å². The van der Waals surface area contributed by atoms with Gasteiger partial charge in [-0.3, -0.25) is 4.98 Å². The van der Waals surface area contributed by atoms with Crippen molar-refractivity contribution < 1.29 is 0 Å². The van der Waals surface area contributed by atoms with Crippen molar-refractivity contribution in [3.05, 3.63) is 54.2 Å². The Morgan fingerprint density at radius 2 is 1.59 bits per heavy atom. The molecule has 1 aliphatic rings. The fraction of sp³-hybridized carbons (Fsp3) is 0.0625. The Kier molecular flexibility index (Phi) is 1.55. The molecular formula is C16H11N. The molecule has 0 radical (unpaired) electrons. The third kappa shape index (κ3) is 1.06. The van der Waals surface area contributed by atoms with Crippen LogP contribution in [0.15, 0.2) is 48.5 Å². The summed E-state index contributed by atoms with van der Waals surface area (Å²) in [6.07, 6.45) is 0. The van der Waals surface area contributed by atoms with E-state index in [-0.39, 0.29) is 0 Å². The SMILES string of the molecule is Cc1cc2cccc3c2c(n1)-c1ccccc1-3. The van der Waals surface area contributed by atoms with E-state index in [2.05, 4.69) is 55.5 Å². The highest BCUT2D eigenvalue weighted by Gasteiger charge is 2.21. The Morgan fingerprint density at radius 1 is 0.824 bits per heavy atom. The number of nitrogens with zero attached hydrogens (tertiary/aromatic N) is 1. The zero-order chi connectivity index (χ0) is 11.4. The minimum absolute atomic E-state index is 1.08. The fourth-order valence-electron chi connectivity index (χ4n) is 2.79. The highest BCUT2D eigenvalue weighted by atomic mass is 14.7. The molecule has 80 valence electrons. The summed E-state index contributed by atoms with van der Waals surface area (Å²) in [6, 6.07) is 17.2. The Bertz CT molecular complexity index is 757. The van der Waals surface area contributed by atoms with E-state index in [1.54, 1.807) is 0 Å². The van der Waals surface area contributed by atoms with Gasteiger partial charge in [0, 0.05) is 16.6 Å². The van der Waals surface area contributed by atoms with Crippen LogP contribution in [0.2, 0.25) is 0 Å². The van der Waals surface area contributed by atoms with Crippen LogP contribution < -0.4 is 0 Å². The third-order valence-corrected chi connectivity index (χ3v) is 3.46. The topological polar surface area (TPSA) is 12.9 Å². The lowest BCUT2D eigenvalue weighted by molar-refractivity contribution is 1.23. The molecule has 0 N–H and O–H groups in total. The smallest absolute Gasteiger partial charge is 0.0795 e. The molecule has 1 nitrogen and oxygen atoms in total. The van der Waals surface area contributed by atoms with Crippen LogP contribution >= 0.6 is 0 Å². The molecule has 0 amide bonds. The van der Waals surface area contributed by atoms with Gasteiger partial charge in [-0.1, -0.05) is 42.5 Å². The number of aromatic nitrogens is 1. The van der Waals surface area contributed by atoms with E-state index in [0.29, 0.717) is 0 Å². The second-order valence-corrected chi connectivity index (χ2v) is 4.56. The van der Waals surface area contributed by atoms with Crippen molar-refractivity contribution in [3.8, 4) is 22.4 Å². The molecule has 0 fully saturated rings. The zero-order valence-corrected chi connectivity index (χ0v) is 9.57. The van der Waals surface area contributed by atoms with Crippen LogP contribution in [-0.2, 0) is 0 Å². The summed E-state index contributed by atoms with van der Waals surface area (Å²) < 4.78 is 0. The van der Waals surface area contributed by atoms with E-state index >= 15 is 0 Å². The van der Waals surface area contributed by atoms with Gasteiger partial charge in [0.1, 0.15) is 0 Å². The second kappa shape index (κ2) is 2.95. The van der Waals surface area contributed by atoms with Gasteiger partial charge >= 0.3 is 0 Å². The van der Waals surface area contributed by atoms with Gasteiger partial charge in [0.05, 0.1) is 5.69 Å². The molecule has 17 heavy (non-hydrogen) atoms. The van der Waals surface area contributed by atoms with E-state index < -0.39 is 0 Å². The molecule has 4 rings (SSSR count). The van der Waals surface area contributed by atoms with Crippen LogP contribution in [0.3, 0.4) is 0 Å². The lowest BCUT2D eigenvalue weighted by Gasteiger charge is -2.02. The zero-order valence-electron chi connectivity index (χ0n) is 9.57. The molecule has 0 aliphatic heterocycles. The van der Waals surface area contributed by atoms with Crippen molar-refractivity contribution in [3.63, 3.8) is 0 Å². The van der Waals surface area contributed by atoms with Crippen molar-refractivity contribution in [2.45, 2.75) is 6.92 Å². The molecule has 0 spiro atoms. The summed E-state index contributed by atoms with van der Waals surface area (Å²) in [7, 11) is 0. The van der Waals surface area contributed by atoms with Crippen molar-refractivity contribution in [1.82, 2.24) is 4.98 Å². The fourth-order valence-corrected chi connectivity index (χ4v) is 2.79. The van der Waals surface area contributed by atoms with Crippen LogP contribution in [0.5, 0.6) is 0 Å². The first-order valence-corrected chi connectivity index (χ1v) is 5.85. The minimum Gasteiger partial charge on any atom is -0.252 e. The summed E-state index contributed by atoms with van der Waals surface area (Å²) in [5.74, 6) is 0. The number of hydrogen-bond acceptors (Lipinski definition) is 1. The molecule has 0 saturated carbocycles. The molecule has 1 aliphatic carbocycles. The maximum atomic E-state index is 4.71. The Morgan fingerprint density at radius 3 is 2.47 bits per heavy atom. The predicted molar refractivity (Wildman–Crippen MR) is 70.9 cm³/mol. The van der Waals surface area contributed by atoms with Crippen LogP contribution in [0.4, 0.5) is 0 Å². The summed E-state index contributed by atoms with van der Waals surface area (Å²) >= 11 is 0. The maximum Gasteiger partial charge on any atom is 0.0795 e. The van der Waals surface area contributed by atoms with Gasteiger partial charge < -0.3 is 0 Å². The number of rotatable bonds is 0. The van der Waals surface area contributed by atoms with Gasteiger partial charge in [0.25, 0.3) is 0 Å². The van der Waals surface area contributed by atoms with Gasteiger partial charge in [0.2, 0.25) is 0 Å². The number of fused-ring (bicyclic) bond motifs is 3. The predicted octanol–water partition coefficient (Wildman–Crippen LogP) is 4.19. The van der Waals surface area contributed by atoms with Crippen LogP contribution in [-0.4, -0.2) is 4.98 Å². The lowest BCUT2D eigenvalue weighted by Crippen LogP contribution is -1.85. The molecule has 0 atom stereocenters. The summed E-state index contributed by atoms with van der Waals surface area (Å²) in [6.45, 7) is 2.06. The number of pyridine rings is 1. The first-order chi connectivity index (χ1) is 8.34. The van der Waals surface area contributed by atoms with Gasteiger partial charge in [-0.05, 0) is 29.5 Å². The average Bonchev–Trinajstić information content (AvgIpc) is 2.67. The molecule has 3 aromatic rings. The Hall–Kier alpha value is -2.15. The van der Waals surface area contributed by atoms with Crippen LogP contribution in [0.25, 0.3) is 33.2 Å². The van der Waals surface area contributed by atoms with E-state index in [1.807, 2.05) is 0 Å². The van der Waals surface area contributed by atoms with Crippen molar-refractivity contribution in [2.75, 3.05) is 0 Å². The third-order valence-electron chi connectivity index (χ3n) is 3.46. The summed E-state index contributed by atoms with van der Waals surface area (Å²) in [4.78, 5) is 4.71. The largest absolute Gasteiger partial charge is 0.252 e. The number of aryl methyl sites for hydroxylation is 1.